The number of hydrogen-bond donors (Lipinski definition) is 0. The van der Waals surface area contributed by atoms with E-state index in [0.717, 1.165) is 72.9 Å². The van der Waals surface area contributed by atoms with E-state index >= 15 is 0 Å². The molecule has 9 atom stereocenters. The van der Waals surface area contributed by atoms with E-state index in [1.54, 1.807) is 12.8 Å². The second kappa shape index (κ2) is 4.71. The van der Waals surface area contributed by atoms with E-state index in [1.165, 1.54) is 12.8 Å². The molecule has 1 saturated heterocycles. The molecule has 0 aromatic heterocycles. The summed E-state index contributed by atoms with van der Waals surface area (Å²) < 4.78 is 11.3. The van der Waals surface area contributed by atoms with Crippen LogP contribution in [0.25, 0.3) is 0 Å². The van der Waals surface area contributed by atoms with Gasteiger partial charge >= 0.3 is 0 Å². The van der Waals surface area contributed by atoms with Gasteiger partial charge in [0.05, 0.1) is 13.2 Å². The van der Waals surface area contributed by atoms with E-state index in [1.807, 2.05) is 0 Å². The summed E-state index contributed by atoms with van der Waals surface area (Å²) >= 11 is 0. The van der Waals surface area contributed by atoms with Crippen molar-refractivity contribution in [2.75, 3.05) is 13.2 Å². The van der Waals surface area contributed by atoms with Crippen molar-refractivity contribution in [2.45, 2.75) is 52.2 Å². The van der Waals surface area contributed by atoms with Crippen LogP contribution in [-0.2, 0) is 9.47 Å². The van der Waals surface area contributed by atoms with Gasteiger partial charge in [0, 0.05) is 0 Å². The smallest absolute Gasteiger partial charge is 0.157 e. The molecule has 1 heterocycles. The average molecular weight is 290 g/mol. The van der Waals surface area contributed by atoms with Gasteiger partial charge in [-0.2, -0.15) is 0 Å². The highest BCUT2D eigenvalue weighted by atomic mass is 16.7. The Balaban J connectivity index is 1.28. The monoisotopic (exact) mass is 290 g/mol. The Morgan fingerprint density at radius 2 is 1.48 bits per heavy atom. The molecule has 5 rings (SSSR count). The summed E-state index contributed by atoms with van der Waals surface area (Å²) in [5.41, 5.74) is 0. The van der Waals surface area contributed by atoms with Crippen molar-refractivity contribution in [1.82, 2.24) is 0 Å². The lowest BCUT2D eigenvalue weighted by atomic mass is 9.61. The quantitative estimate of drug-likeness (QED) is 0.733. The lowest BCUT2D eigenvalue weighted by molar-refractivity contribution is -0.0541. The number of hydrogen-bond acceptors (Lipinski definition) is 2. The predicted molar refractivity (Wildman–Crippen MR) is 81.5 cm³/mol. The summed E-state index contributed by atoms with van der Waals surface area (Å²) in [5.74, 6) is 9.54. The Bertz CT molecular complexity index is 416. The molecule has 1 aliphatic heterocycles. The molecule has 4 aliphatic carbocycles. The summed E-state index contributed by atoms with van der Waals surface area (Å²) in [6.07, 6.45) is 7.30. The Morgan fingerprint density at radius 1 is 0.762 bits per heavy atom. The normalized spacial score (nSPS) is 58.3. The molecule has 2 nitrogen and oxygen atoms in total. The first-order chi connectivity index (χ1) is 10.2. The second-order valence-corrected chi connectivity index (χ2v) is 8.84. The first kappa shape index (κ1) is 13.4. The van der Waals surface area contributed by atoms with Gasteiger partial charge in [0.25, 0.3) is 0 Å². The van der Waals surface area contributed by atoms with Gasteiger partial charge in [0.1, 0.15) is 0 Å². The van der Waals surface area contributed by atoms with Crippen LogP contribution < -0.4 is 0 Å². The van der Waals surface area contributed by atoms with Crippen molar-refractivity contribution in [3.05, 3.63) is 0 Å². The summed E-state index contributed by atoms with van der Waals surface area (Å²) in [6.45, 7) is 6.72. The Labute approximate surface area is 129 Å². The number of fused-ring (bicyclic) bond motifs is 9. The molecule has 0 amide bonds. The van der Waals surface area contributed by atoms with Crippen LogP contribution in [0.5, 0.6) is 0 Å². The van der Waals surface area contributed by atoms with Crippen LogP contribution in [0.4, 0.5) is 0 Å². The van der Waals surface area contributed by atoms with Crippen LogP contribution in [0, 0.1) is 53.3 Å². The van der Waals surface area contributed by atoms with Crippen LogP contribution in [0.15, 0.2) is 0 Å². The number of rotatable bonds is 3. The van der Waals surface area contributed by atoms with E-state index in [4.69, 9.17) is 9.47 Å². The van der Waals surface area contributed by atoms with Crippen LogP contribution >= 0.6 is 0 Å². The van der Waals surface area contributed by atoms with Crippen LogP contribution in [0.2, 0.25) is 0 Å². The topological polar surface area (TPSA) is 18.5 Å². The molecule has 118 valence electrons. The summed E-state index contributed by atoms with van der Waals surface area (Å²) in [6, 6.07) is 0. The molecule has 0 N–H and O–H groups in total. The second-order valence-electron chi connectivity index (χ2n) is 8.84. The van der Waals surface area contributed by atoms with Gasteiger partial charge in [-0.1, -0.05) is 13.8 Å². The van der Waals surface area contributed by atoms with E-state index < -0.39 is 0 Å². The van der Waals surface area contributed by atoms with Crippen LogP contribution in [-0.4, -0.2) is 19.5 Å². The van der Waals surface area contributed by atoms with E-state index in [0.29, 0.717) is 0 Å². The third-order valence-corrected chi connectivity index (χ3v) is 8.45. The molecule has 4 bridgehead atoms. The SMILES string of the molecule is CC1C(C)C2CC1C1C3CC(CCC4OCCO4)C(C3)C21. The minimum Gasteiger partial charge on any atom is -0.350 e. The standard InChI is InChI=1S/C19H30O2/c1-10-11(2)15-9-14(10)18-13-7-12(16(8-13)19(15)18)3-4-17-20-5-6-21-17/h10-19H,3-9H2,1-2H3. The minimum atomic E-state index is 0.124. The highest BCUT2D eigenvalue weighted by Gasteiger charge is 2.65. The summed E-state index contributed by atoms with van der Waals surface area (Å²) in [5, 5.41) is 0. The van der Waals surface area contributed by atoms with Crippen LogP contribution in [0.1, 0.15) is 46.0 Å². The first-order valence-electron chi connectivity index (χ1n) is 9.47. The van der Waals surface area contributed by atoms with Gasteiger partial charge < -0.3 is 9.47 Å². The molecule has 5 fully saturated rings. The largest absolute Gasteiger partial charge is 0.350 e. The molecule has 5 aliphatic rings. The molecule has 4 saturated carbocycles. The fourth-order valence-corrected chi connectivity index (χ4v) is 7.62. The van der Waals surface area contributed by atoms with Crippen molar-refractivity contribution < 1.29 is 9.47 Å². The Hall–Kier alpha value is -0.0800. The van der Waals surface area contributed by atoms with E-state index in [-0.39, 0.29) is 6.29 Å². The molecule has 0 spiro atoms. The van der Waals surface area contributed by atoms with Gasteiger partial charge in [-0.3, -0.25) is 0 Å². The minimum absolute atomic E-state index is 0.124. The van der Waals surface area contributed by atoms with Crippen molar-refractivity contribution in [1.29, 1.82) is 0 Å². The van der Waals surface area contributed by atoms with Gasteiger partial charge in [0.2, 0.25) is 0 Å². The highest BCUT2D eigenvalue weighted by Crippen LogP contribution is 2.71. The molecular formula is C19H30O2. The third kappa shape index (κ3) is 1.78. The zero-order valence-electron chi connectivity index (χ0n) is 13.5. The van der Waals surface area contributed by atoms with E-state index in [9.17, 15) is 0 Å². The Morgan fingerprint density at radius 3 is 2.24 bits per heavy atom. The fraction of sp³-hybridized carbons (Fsp3) is 1.00. The van der Waals surface area contributed by atoms with Crippen molar-refractivity contribution in [2.24, 2.45) is 53.3 Å². The fourth-order valence-electron chi connectivity index (χ4n) is 7.62. The molecular weight excluding hydrogens is 260 g/mol. The Kier molecular flexibility index (Phi) is 3.00. The van der Waals surface area contributed by atoms with Crippen molar-refractivity contribution in [3.8, 4) is 0 Å². The van der Waals surface area contributed by atoms with Gasteiger partial charge in [-0.15, -0.1) is 0 Å². The zero-order chi connectivity index (χ0) is 14.1. The lowest BCUT2D eigenvalue weighted by Crippen LogP contribution is -2.38. The molecule has 0 radical (unpaired) electrons. The van der Waals surface area contributed by atoms with E-state index in [2.05, 4.69) is 13.8 Å². The van der Waals surface area contributed by atoms with Gasteiger partial charge in [0.15, 0.2) is 6.29 Å². The van der Waals surface area contributed by atoms with Crippen molar-refractivity contribution >= 4 is 0 Å². The molecule has 9 unspecified atom stereocenters. The van der Waals surface area contributed by atoms with Crippen molar-refractivity contribution in [3.63, 3.8) is 0 Å². The maximum atomic E-state index is 5.64. The van der Waals surface area contributed by atoms with Crippen LogP contribution in [0.3, 0.4) is 0 Å². The maximum absolute atomic E-state index is 5.64. The maximum Gasteiger partial charge on any atom is 0.157 e. The first-order valence-corrected chi connectivity index (χ1v) is 9.47. The zero-order valence-corrected chi connectivity index (χ0v) is 13.5. The van der Waals surface area contributed by atoms with Gasteiger partial charge in [-0.05, 0) is 85.4 Å². The number of ether oxygens (including phenoxy) is 2. The average Bonchev–Trinajstić information content (AvgIpc) is 3.24. The lowest BCUT2D eigenvalue weighted by Gasteiger charge is -2.43. The summed E-state index contributed by atoms with van der Waals surface area (Å²) in [4.78, 5) is 0. The molecule has 21 heavy (non-hydrogen) atoms. The van der Waals surface area contributed by atoms with Gasteiger partial charge in [-0.25, -0.2) is 0 Å². The highest BCUT2D eigenvalue weighted by molar-refractivity contribution is 5.13. The third-order valence-electron chi connectivity index (χ3n) is 8.45. The predicted octanol–water partition coefficient (Wildman–Crippen LogP) is 3.95. The molecule has 0 aromatic rings. The summed E-state index contributed by atoms with van der Waals surface area (Å²) in [7, 11) is 0. The molecule has 2 heteroatoms. The molecule has 0 aromatic carbocycles.